The molecular weight excluding hydrogens is 259 g/mol. The number of alkyl halides is 3. The van der Waals surface area contributed by atoms with E-state index in [-0.39, 0.29) is 24.3 Å². The monoisotopic (exact) mass is 277 g/mol. The molecule has 0 radical (unpaired) electrons. The van der Waals surface area contributed by atoms with Gasteiger partial charge in [0, 0.05) is 6.54 Å². The van der Waals surface area contributed by atoms with Crippen LogP contribution >= 0.6 is 0 Å². The number of hydrogen-bond donors (Lipinski definition) is 3. The molecular formula is C12H18F3N3O. The second-order valence-corrected chi connectivity index (χ2v) is 4.09. The number of aliphatic hydroxyl groups is 1. The van der Waals surface area contributed by atoms with Crippen LogP contribution in [0.4, 0.5) is 24.8 Å². The number of halogens is 3. The van der Waals surface area contributed by atoms with E-state index in [1.54, 1.807) is 6.92 Å². The maximum Gasteiger partial charge on any atom is 0.416 e. The van der Waals surface area contributed by atoms with Crippen molar-refractivity contribution < 1.29 is 18.3 Å². The fourth-order valence-corrected chi connectivity index (χ4v) is 1.53. The molecule has 1 aromatic heterocycles. The van der Waals surface area contributed by atoms with Crippen LogP contribution < -0.4 is 10.6 Å². The number of pyridine rings is 1. The first-order valence-corrected chi connectivity index (χ1v) is 6.11. The van der Waals surface area contributed by atoms with Crippen LogP contribution in [0.15, 0.2) is 12.1 Å². The van der Waals surface area contributed by atoms with E-state index in [4.69, 9.17) is 5.11 Å². The Hall–Kier alpha value is -1.50. The quantitative estimate of drug-likeness (QED) is 0.748. The summed E-state index contributed by atoms with van der Waals surface area (Å²) in [7, 11) is 0. The number of rotatable bonds is 6. The highest BCUT2D eigenvalue weighted by molar-refractivity contribution is 5.50. The zero-order valence-corrected chi connectivity index (χ0v) is 10.9. The molecule has 19 heavy (non-hydrogen) atoms. The maximum absolute atomic E-state index is 12.8. The molecule has 1 atom stereocenters. The van der Waals surface area contributed by atoms with Crippen molar-refractivity contribution in [2.75, 3.05) is 23.8 Å². The Bertz CT molecular complexity index is 406. The Morgan fingerprint density at radius 2 is 1.89 bits per heavy atom. The van der Waals surface area contributed by atoms with Crippen molar-refractivity contribution in [3.8, 4) is 0 Å². The lowest BCUT2D eigenvalue weighted by atomic mass is 10.2. The molecule has 0 aliphatic heterocycles. The van der Waals surface area contributed by atoms with Crippen molar-refractivity contribution in [3.63, 3.8) is 0 Å². The van der Waals surface area contributed by atoms with Crippen LogP contribution in [-0.4, -0.2) is 29.3 Å². The second kappa shape index (κ2) is 6.60. The zero-order chi connectivity index (χ0) is 14.5. The smallest absolute Gasteiger partial charge is 0.394 e. The highest BCUT2D eigenvalue weighted by atomic mass is 19.4. The van der Waals surface area contributed by atoms with Gasteiger partial charge in [-0.2, -0.15) is 13.2 Å². The third kappa shape index (κ3) is 4.59. The van der Waals surface area contributed by atoms with Gasteiger partial charge in [-0.25, -0.2) is 4.98 Å². The van der Waals surface area contributed by atoms with Gasteiger partial charge in [0.15, 0.2) is 0 Å². The van der Waals surface area contributed by atoms with Gasteiger partial charge in [0.25, 0.3) is 0 Å². The van der Waals surface area contributed by atoms with Gasteiger partial charge in [-0.3, -0.25) is 0 Å². The number of aliphatic hydroxyl groups excluding tert-OH is 1. The lowest BCUT2D eigenvalue weighted by molar-refractivity contribution is -0.137. The largest absolute Gasteiger partial charge is 0.416 e. The highest BCUT2D eigenvalue weighted by Gasteiger charge is 2.31. The minimum absolute atomic E-state index is 0.103. The van der Waals surface area contributed by atoms with Crippen LogP contribution in [0.3, 0.4) is 0 Å². The molecule has 0 aromatic carbocycles. The van der Waals surface area contributed by atoms with E-state index in [0.717, 1.165) is 12.1 Å². The predicted molar refractivity (Wildman–Crippen MR) is 68.2 cm³/mol. The summed E-state index contributed by atoms with van der Waals surface area (Å²) in [6.07, 6.45) is -3.84. The normalized spacial score (nSPS) is 13.2. The van der Waals surface area contributed by atoms with E-state index in [2.05, 4.69) is 15.6 Å². The average Bonchev–Trinajstić information content (AvgIpc) is 2.35. The fraction of sp³-hybridized carbons (Fsp3) is 0.583. The van der Waals surface area contributed by atoms with Gasteiger partial charge in [-0.05, 0) is 25.5 Å². The van der Waals surface area contributed by atoms with Crippen LogP contribution in [0.1, 0.15) is 25.8 Å². The summed E-state index contributed by atoms with van der Waals surface area (Å²) in [5.74, 6) is 0.263. The van der Waals surface area contributed by atoms with E-state index in [1.807, 2.05) is 6.92 Å². The first-order valence-electron chi connectivity index (χ1n) is 6.11. The Kier molecular flexibility index (Phi) is 5.41. The third-order valence-corrected chi connectivity index (χ3v) is 2.58. The van der Waals surface area contributed by atoms with E-state index in [0.29, 0.717) is 13.0 Å². The number of anilines is 2. The topological polar surface area (TPSA) is 57.2 Å². The summed E-state index contributed by atoms with van der Waals surface area (Å²) >= 11 is 0. The van der Waals surface area contributed by atoms with Crippen molar-refractivity contribution in [1.82, 2.24) is 4.98 Å². The van der Waals surface area contributed by atoms with Gasteiger partial charge >= 0.3 is 6.18 Å². The Balaban J connectivity index is 3.05. The molecule has 7 heteroatoms. The summed E-state index contributed by atoms with van der Waals surface area (Å²) < 4.78 is 38.3. The molecule has 1 aromatic rings. The van der Waals surface area contributed by atoms with Crippen molar-refractivity contribution in [2.24, 2.45) is 0 Å². The fourth-order valence-electron chi connectivity index (χ4n) is 1.53. The maximum atomic E-state index is 12.8. The molecule has 0 amide bonds. The third-order valence-electron chi connectivity index (χ3n) is 2.58. The summed E-state index contributed by atoms with van der Waals surface area (Å²) in [4.78, 5) is 4.04. The van der Waals surface area contributed by atoms with Crippen molar-refractivity contribution in [3.05, 3.63) is 17.7 Å². The summed E-state index contributed by atoms with van der Waals surface area (Å²) in [5, 5.41) is 14.6. The minimum atomic E-state index is -4.43. The Morgan fingerprint density at radius 3 is 2.37 bits per heavy atom. The summed E-state index contributed by atoms with van der Waals surface area (Å²) in [6, 6.07) is 1.60. The van der Waals surface area contributed by atoms with Crippen LogP contribution in [-0.2, 0) is 6.18 Å². The molecule has 1 unspecified atom stereocenters. The van der Waals surface area contributed by atoms with Crippen molar-refractivity contribution in [2.45, 2.75) is 32.5 Å². The van der Waals surface area contributed by atoms with Gasteiger partial charge < -0.3 is 15.7 Å². The lowest BCUT2D eigenvalue weighted by Gasteiger charge is -2.17. The zero-order valence-electron chi connectivity index (χ0n) is 10.9. The number of nitrogens with one attached hydrogen (secondary N) is 2. The minimum Gasteiger partial charge on any atom is -0.394 e. The summed E-state index contributed by atoms with van der Waals surface area (Å²) in [5.41, 5.74) is -0.770. The van der Waals surface area contributed by atoms with Crippen molar-refractivity contribution in [1.29, 1.82) is 0 Å². The molecule has 0 fully saturated rings. The molecule has 1 heterocycles. The number of aromatic nitrogens is 1. The highest BCUT2D eigenvalue weighted by Crippen LogP contribution is 2.32. The first-order chi connectivity index (χ1) is 8.90. The molecule has 3 N–H and O–H groups in total. The number of hydrogen-bond acceptors (Lipinski definition) is 4. The van der Waals surface area contributed by atoms with E-state index >= 15 is 0 Å². The second-order valence-electron chi connectivity index (χ2n) is 4.09. The van der Waals surface area contributed by atoms with Crippen molar-refractivity contribution >= 4 is 11.6 Å². The first kappa shape index (κ1) is 15.6. The Labute approximate surface area is 110 Å². The average molecular weight is 277 g/mol. The van der Waals surface area contributed by atoms with Crippen LogP contribution in [0.2, 0.25) is 0 Å². The van der Waals surface area contributed by atoms with Crippen LogP contribution in [0, 0.1) is 0 Å². The standard InChI is InChI=1S/C12H18F3N3O/c1-3-9(7-19)17-11-6-8(12(13,14)15)5-10(18-11)16-4-2/h5-6,9,19H,3-4,7H2,1-2H3,(H2,16,17,18). The van der Waals surface area contributed by atoms with E-state index in [1.165, 1.54) is 0 Å². The number of nitrogens with zero attached hydrogens (tertiary/aromatic N) is 1. The molecule has 1 rings (SSSR count). The molecule has 0 saturated heterocycles. The van der Waals surface area contributed by atoms with Gasteiger partial charge in [-0.15, -0.1) is 0 Å². The lowest BCUT2D eigenvalue weighted by Crippen LogP contribution is -2.23. The molecule has 0 aliphatic carbocycles. The molecule has 0 spiro atoms. The van der Waals surface area contributed by atoms with Gasteiger partial charge in [0.05, 0.1) is 18.2 Å². The van der Waals surface area contributed by atoms with Gasteiger partial charge in [0.2, 0.25) is 0 Å². The predicted octanol–water partition coefficient (Wildman–Crippen LogP) is 2.72. The molecule has 0 saturated carbocycles. The van der Waals surface area contributed by atoms with Gasteiger partial charge in [0.1, 0.15) is 11.6 Å². The van der Waals surface area contributed by atoms with Crippen LogP contribution in [0.25, 0.3) is 0 Å². The Morgan fingerprint density at radius 1 is 1.26 bits per heavy atom. The van der Waals surface area contributed by atoms with E-state index < -0.39 is 11.7 Å². The van der Waals surface area contributed by atoms with E-state index in [9.17, 15) is 13.2 Å². The molecule has 0 aliphatic rings. The summed E-state index contributed by atoms with van der Waals surface area (Å²) in [6.45, 7) is 3.92. The van der Waals surface area contributed by atoms with Crippen LogP contribution in [0.5, 0.6) is 0 Å². The molecule has 108 valence electrons. The van der Waals surface area contributed by atoms with Gasteiger partial charge in [-0.1, -0.05) is 6.92 Å². The molecule has 0 bridgehead atoms. The molecule has 4 nitrogen and oxygen atoms in total. The SMILES string of the molecule is CCNc1cc(C(F)(F)F)cc(NC(CC)CO)n1.